The first kappa shape index (κ1) is 14.3. The molecule has 1 aliphatic rings. The van der Waals surface area contributed by atoms with Crippen LogP contribution in [0.3, 0.4) is 0 Å². The molecule has 106 valence electrons. The van der Waals surface area contributed by atoms with E-state index in [0.29, 0.717) is 25.5 Å². The first-order chi connectivity index (χ1) is 9.31. The number of nitrogens with zero attached hydrogens (tertiary/aromatic N) is 2. The molecular weight excluding hydrogens is 240 g/mol. The summed E-state index contributed by atoms with van der Waals surface area (Å²) in [6, 6.07) is 1.83. The molecule has 0 atom stereocenters. The minimum atomic E-state index is 0.237. The molecule has 0 aromatic carbocycles. The number of ketones is 1. The Bertz CT molecular complexity index is 393. The highest BCUT2D eigenvalue weighted by molar-refractivity contribution is 5.94. The second-order valence-electron chi connectivity index (χ2n) is 5.42. The number of carbonyl (C=O) groups excluding carboxylic acids is 1. The predicted molar refractivity (Wildman–Crippen MR) is 74.2 cm³/mol. The van der Waals surface area contributed by atoms with Gasteiger partial charge in [-0.3, -0.25) is 9.48 Å². The van der Waals surface area contributed by atoms with E-state index in [1.54, 1.807) is 18.0 Å². The monoisotopic (exact) mass is 264 g/mol. The SMILES string of the molecule is COCCn1nccc1C(=O)CC1CCCCCC1. The summed E-state index contributed by atoms with van der Waals surface area (Å²) in [5.74, 6) is 0.807. The fraction of sp³-hybridized carbons (Fsp3) is 0.733. The molecule has 0 amide bonds. The van der Waals surface area contributed by atoms with Crippen molar-refractivity contribution >= 4 is 5.78 Å². The average Bonchev–Trinajstić information content (AvgIpc) is 2.74. The Kier molecular flexibility index (Phi) is 5.58. The van der Waals surface area contributed by atoms with E-state index in [4.69, 9.17) is 4.74 Å². The molecule has 0 aliphatic heterocycles. The van der Waals surface area contributed by atoms with Crippen LogP contribution in [0, 0.1) is 5.92 Å². The van der Waals surface area contributed by atoms with Gasteiger partial charge < -0.3 is 4.74 Å². The third-order valence-electron chi connectivity index (χ3n) is 3.96. The van der Waals surface area contributed by atoms with E-state index in [9.17, 15) is 4.79 Å². The highest BCUT2D eigenvalue weighted by atomic mass is 16.5. The van der Waals surface area contributed by atoms with Crippen molar-refractivity contribution in [2.24, 2.45) is 5.92 Å². The molecule has 0 radical (unpaired) electrons. The zero-order valence-electron chi connectivity index (χ0n) is 11.8. The summed E-state index contributed by atoms with van der Waals surface area (Å²) in [5, 5.41) is 4.20. The van der Waals surface area contributed by atoms with E-state index >= 15 is 0 Å². The molecular formula is C15H24N2O2. The van der Waals surface area contributed by atoms with Gasteiger partial charge in [0.05, 0.1) is 13.2 Å². The smallest absolute Gasteiger partial charge is 0.181 e. The van der Waals surface area contributed by atoms with Crippen molar-refractivity contribution < 1.29 is 9.53 Å². The lowest BCUT2D eigenvalue weighted by molar-refractivity contribution is 0.0943. The fourth-order valence-corrected chi connectivity index (χ4v) is 2.86. The predicted octanol–water partition coefficient (Wildman–Crippen LogP) is 3.07. The van der Waals surface area contributed by atoms with Gasteiger partial charge in [0, 0.05) is 19.7 Å². The zero-order chi connectivity index (χ0) is 13.5. The van der Waals surface area contributed by atoms with E-state index < -0.39 is 0 Å². The van der Waals surface area contributed by atoms with Gasteiger partial charge in [-0.2, -0.15) is 5.10 Å². The number of rotatable bonds is 6. The van der Waals surface area contributed by atoms with Crippen LogP contribution in [0.2, 0.25) is 0 Å². The summed E-state index contributed by atoms with van der Waals surface area (Å²) >= 11 is 0. The van der Waals surface area contributed by atoms with Crippen molar-refractivity contribution in [3.05, 3.63) is 18.0 Å². The standard InChI is InChI=1S/C15H24N2O2/c1-19-11-10-17-14(8-9-16-17)15(18)12-13-6-4-2-3-5-7-13/h8-9,13H,2-7,10-12H2,1H3. The van der Waals surface area contributed by atoms with Crippen LogP contribution in [0.5, 0.6) is 0 Å². The Labute approximate surface area is 115 Å². The Morgan fingerprint density at radius 1 is 1.37 bits per heavy atom. The minimum absolute atomic E-state index is 0.237. The Morgan fingerprint density at radius 2 is 2.11 bits per heavy atom. The highest BCUT2D eigenvalue weighted by Crippen LogP contribution is 2.26. The lowest BCUT2D eigenvalue weighted by Crippen LogP contribution is -2.16. The molecule has 0 bridgehead atoms. The molecule has 1 aromatic heterocycles. The summed E-state index contributed by atoms with van der Waals surface area (Å²) < 4.78 is 6.81. The molecule has 1 heterocycles. The molecule has 19 heavy (non-hydrogen) atoms. The van der Waals surface area contributed by atoms with Gasteiger partial charge in [0.1, 0.15) is 5.69 Å². The number of methoxy groups -OCH3 is 1. The zero-order valence-corrected chi connectivity index (χ0v) is 11.8. The van der Waals surface area contributed by atoms with Crippen molar-refractivity contribution in [1.29, 1.82) is 0 Å². The fourth-order valence-electron chi connectivity index (χ4n) is 2.86. The van der Waals surface area contributed by atoms with Gasteiger partial charge in [-0.25, -0.2) is 0 Å². The number of hydrogen-bond donors (Lipinski definition) is 0. The van der Waals surface area contributed by atoms with Crippen LogP contribution in [-0.2, 0) is 11.3 Å². The molecule has 1 saturated carbocycles. The highest BCUT2D eigenvalue weighted by Gasteiger charge is 2.19. The maximum Gasteiger partial charge on any atom is 0.181 e. The summed E-state index contributed by atoms with van der Waals surface area (Å²) in [6.07, 6.45) is 10.0. The van der Waals surface area contributed by atoms with Crippen molar-refractivity contribution in [2.75, 3.05) is 13.7 Å². The van der Waals surface area contributed by atoms with Gasteiger partial charge in [0.15, 0.2) is 5.78 Å². The van der Waals surface area contributed by atoms with Crippen LogP contribution in [0.25, 0.3) is 0 Å². The number of aromatic nitrogens is 2. The molecule has 2 rings (SSSR count). The molecule has 1 fully saturated rings. The van der Waals surface area contributed by atoms with Crippen LogP contribution in [-0.4, -0.2) is 29.3 Å². The van der Waals surface area contributed by atoms with Crippen LogP contribution < -0.4 is 0 Å². The normalized spacial score (nSPS) is 17.3. The van der Waals surface area contributed by atoms with E-state index in [1.807, 2.05) is 6.07 Å². The molecule has 0 spiro atoms. The number of Topliss-reactive ketones (excluding diaryl/α,β-unsaturated/α-hetero) is 1. The molecule has 0 N–H and O–H groups in total. The second kappa shape index (κ2) is 7.43. The van der Waals surface area contributed by atoms with Gasteiger partial charge >= 0.3 is 0 Å². The third kappa shape index (κ3) is 4.16. The molecule has 1 aliphatic carbocycles. The second-order valence-corrected chi connectivity index (χ2v) is 5.42. The number of carbonyl (C=O) groups is 1. The lowest BCUT2D eigenvalue weighted by atomic mass is 9.93. The topological polar surface area (TPSA) is 44.1 Å². The van der Waals surface area contributed by atoms with Gasteiger partial charge in [0.25, 0.3) is 0 Å². The molecule has 4 heteroatoms. The van der Waals surface area contributed by atoms with Crippen molar-refractivity contribution in [2.45, 2.75) is 51.5 Å². The van der Waals surface area contributed by atoms with Crippen LogP contribution >= 0.6 is 0 Å². The molecule has 0 unspecified atom stereocenters. The maximum absolute atomic E-state index is 12.4. The van der Waals surface area contributed by atoms with Crippen LogP contribution in [0.15, 0.2) is 12.3 Å². The van der Waals surface area contributed by atoms with E-state index in [1.165, 1.54) is 38.5 Å². The maximum atomic E-state index is 12.4. The number of hydrogen-bond acceptors (Lipinski definition) is 3. The van der Waals surface area contributed by atoms with E-state index in [0.717, 1.165) is 5.69 Å². The van der Waals surface area contributed by atoms with Crippen molar-refractivity contribution in [3.63, 3.8) is 0 Å². The molecule has 1 aromatic rings. The number of ether oxygens (including phenoxy) is 1. The summed E-state index contributed by atoms with van der Waals surface area (Å²) in [6.45, 7) is 1.24. The van der Waals surface area contributed by atoms with Gasteiger partial charge in [-0.1, -0.05) is 38.5 Å². The van der Waals surface area contributed by atoms with Gasteiger partial charge in [-0.15, -0.1) is 0 Å². The van der Waals surface area contributed by atoms with E-state index in [2.05, 4.69) is 5.10 Å². The minimum Gasteiger partial charge on any atom is -0.383 e. The first-order valence-corrected chi connectivity index (χ1v) is 7.35. The first-order valence-electron chi connectivity index (χ1n) is 7.35. The molecule has 0 saturated heterocycles. The van der Waals surface area contributed by atoms with Gasteiger partial charge in [-0.05, 0) is 12.0 Å². The summed E-state index contributed by atoms with van der Waals surface area (Å²) in [7, 11) is 1.66. The summed E-state index contributed by atoms with van der Waals surface area (Å²) in [4.78, 5) is 12.4. The van der Waals surface area contributed by atoms with Crippen LogP contribution in [0.4, 0.5) is 0 Å². The van der Waals surface area contributed by atoms with Crippen LogP contribution in [0.1, 0.15) is 55.4 Å². The quantitative estimate of drug-likeness (QED) is 0.586. The Morgan fingerprint density at radius 3 is 2.79 bits per heavy atom. The summed E-state index contributed by atoms with van der Waals surface area (Å²) in [5.41, 5.74) is 0.737. The largest absolute Gasteiger partial charge is 0.383 e. The van der Waals surface area contributed by atoms with Crippen molar-refractivity contribution in [1.82, 2.24) is 9.78 Å². The Hall–Kier alpha value is -1.16. The molecule has 4 nitrogen and oxygen atoms in total. The third-order valence-corrected chi connectivity index (χ3v) is 3.96. The average molecular weight is 264 g/mol. The van der Waals surface area contributed by atoms with Crippen molar-refractivity contribution in [3.8, 4) is 0 Å². The Balaban J connectivity index is 1.93. The van der Waals surface area contributed by atoms with Gasteiger partial charge in [0.2, 0.25) is 0 Å². The van der Waals surface area contributed by atoms with E-state index in [-0.39, 0.29) is 5.78 Å². The lowest BCUT2D eigenvalue weighted by Gasteiger charge is -2.13.